The summed E-state index contributed by atoms with van der Waals surface area (Å²) in [5.41, 5.74) is 3.41. The molecule has 0 saturated carbocycles. The first-order chi connectivity index (χ1) is 12.8. The van der Waals surface area contributed by atoms with Crippen LogP contribution in [0.5, 0.6) is 0 Å². The molecule has 1 heterocycles. The van der Waals surface area contributed by atoms with Gasteiger partial charge in [0.1, 0.15) is 11.7 Å². The first kappa shape index (κ1) is 19.1. The SMILES string of the molecule is Cc1ccc(-n2c(C(C)N(C)C(=O)CCl)nc3ccccc3c2=O)cc1C. The number of rotatable bonds is 4. The fraction of sp³-hybridized carbons (Fsp3) is 0.286. The molecule has 1 aromatic heterocycles. The van der Waals surface area contributed by atoms with Crippen LogP contribution in [-0.2, 0) is 4.79 Å². The Bertz CT molecular complexity index is 1070. The van der Waals surface area contributed by atoms with Crippen LogP contribution in [0.3, 0.4) is 0 Å². The molecular formula is C21H22ClN3O2. The highest BCUT2D eigenvalue weighted by molar-refractivity contribution is 6.27. The molecule has 0 saturated heterocycles. The van der Waals surface area contributed by atoms with Crippen LogP contribution >= 0.6 is 11.6 Å². The zero-order chi connectivity index (χ0) is 19.7. The van der Waals surface area contributed by atoms with E-state index in [1.54, 1.807) is 23.7 Å². The summed E-state index contributed by atoms with van der Waals surface area (Å²) in [5.74, 6) is 0.156. The Labute approximate surface area is 163 Å². The normalized spacial score (nSPS) is 12.2. The average Bonchev–Trinajstić information content (AvgIpc) is 2.68. The summed E-state index contributed by atoms with van der Waals surface area (Å²) in [6.45, 7) is 5.88. The number of hydrogen-bond donors (Lipinski definition) is 0. The molecule has 27 heavy (non-hydrogen) atoms. The Morgan fingerprint density at radius 3 is 2.56 bits per heavy atom. The number of carbonyl (C=O) groups excluding carboxylic acids is 1. The van der Waals surface area contributed by atoms with Gasteiger partial charge < -0.3 is 4.90 Å². The second-order valence-electron chi connectivity index (χ2n) is 6.71. The Balaban J connectivity index is 2.32. The number of carbonyl (C=O) groups is 1. The molecule has 0 fully saturated rings. The third-order valence-electron chi connectivity index (χ3n) is 5.01. The van der Waals surface area contributed by atoms with E-state index in [4.69, 9.17) is 16.6 Å². The Morgan fingerprint density at radius 2 is 1.89 bits per heavy atom. The fourth-order valence-corrected chi connectivity index (χ4v) is 3.22. The summed E-state index contributed by atoms with van der Waals surface area (Å²) >= 11 is 5.72. The molecule has 3 rings (SSSR count). The molecule has 1 atom stereocenters. The Kier molecular flexibility index (Phi) is 5.33. The molecule has 1 unspecified atom stereocenters. The minimum Gasteiger partial charge on any atom is -0.335 e. The van der Waals surface area contributed by atoms with E-state index in [1.165, 1.54) is 4.90 Å². The van der Waals surface area contributed by atoms with E-state index in [9.17, 15) is 9.59 Å². The van der Waals surface area contributed by atoms with Crippen LogP contribution in [-0.4, -0.2) is 33.3 Å². The smallest absolute Gasteiger partial charge is 0.266 e. The van der Waals surface area contributed by atoms with E-state index < -0.39 is 6.04 Å². The van der Waals surface area contributed by atoms with Gasteiger partial charge in [-0.25, -0.2) is 4.98 Å². The molecule has 6 heteroatoms. The number of para-hydroxylation sites is 1. The largest absolute Gasteiger partial charge is 0.335 e. The third-order valence-corrected chi connectivity index (χ3v) is 5.24. The second-order valence-corrected chi connectivity index (χ2v) is 6.98. The van der Waals surface area contributed by atoms with Gasteiger partial charge in [-0.1, -0.05) is 18.2 Å². The number of hydrogen-bond acceptors (Lipinski definition) is 3. The minimum atomic E-state index is -0.421. The lowest BCUT2D eigenvalue weighted by molar-refractivity contribution is -0.129. The predicted molar refractivity (Wildman–Crippen MR) is 109 cm³/mol. The van der Waals surface area contributed by atoms with Crippen LogP contribution in [0.2, 0.25) is 0 Å². The van der Waals surface area contributed by atoms with Crippen molar-refractivity contribution >= 4 is 28.4 Å². The van der Waals surface area contributed by atoms with Crippen molar-refractivity contribution in [1.82, 2.24) is 14.5 Å². The molecule has 0 aliphatic heterocycles. The fourth-order valence-electron chi connectivity index (χ4n) is 3.03. The van der Waals surface area contributed by atoms with Gasteiger partial charge in [0.25, 0.3) is 5.56 Å². The van der Waals surface area contributed by atoms with Crippen molar-refractivity contribution < 1.29 is 4.79 Å². The van der Waals surface area contributed by atoms with Gasteiger partial charge in [0.05, 0.1) is 22.6 Å². The third kappa shape index (κ3) is 3.47. The summed E-state index contributed by atoms with van der Waals surface area (Å²) in [6.07, 6.45) is 0. The van der Waals surface area contributed by atoms with Gasteiger partial charge in [0.15, 0.2) is 0 Å². The van der Waals surface area contributed by atoms with Crippen molar-refractivity contribution in [2.75, 3.05) is 12.9 Å². The first-order valence-electron chi connectivity index (χ1n) is 8.76. The van der Waals surface area contributed by atoms with E-state index in [-0.39, 0.29) is 17.3 Å². The molecule has 0 aliphatic rings. The zero-order valence-electron chi connectivity index (χ0n) is 15.9. The predicted octanol–water partition coefficient (Wildman–Crippen LogP) is 3.76. The lowest BCUT2D eigenvalue weighted by Crippen LogP contribution is -2.35. The van der Waals surface area contributed by atoms with Crippen LogP contribution in [0.4, 0.5) is 0 Å². The number of nitrogens with zero attached hydrogens (tertiary/aromatic N) is 3. The zero-order valence-corrected chi connectivity index (χ0v) is 16.6. The van der Waals surface area contributed by atoms with Gasteiger partial charge in [-0.15, -0.1) is 11.6 Å². The topological polar surface area (TPSA) is 55.2 Å². The molecule has 0 aliphatic carbocycles. The van der Waals surface area contributed by atoms with Crippen molar-refractivity contribution in [3.8, 4) is 5.69 Å². The molecule has 0 radical (unpaired) electrons. The molecule has 0 bridgehead atoms. The highest BCUT2D eigenvalue weighted by Crippen LogP contribution is 2.23. The number of aromatic nitrogens is 2. The molecular weight excluding hydrogens is 362 g/mol. The van der Waals surface area contributed by atoms with E-state index >= 15 is 0 Å². The summed E-state index contributed by atoms with van der Waals surface area (Å²) in [4.78, 5) is 31.6. The number of amides is 1. The molecule has 3 aromatic rings. The maximum absolute atomic E-state index is 13.3. The van der Waals surface area contributed by atoms with Crippen molar-refractivity contribution in [2.45, 2.75) is 26.8 Å². The summed E-state index contributed by atoms with van der Waals surface area (Å²) in [6, 6.07) is 12.7. The lowest BCUT2D eigenvalue weighted by atomic mass is 10.1. The van der Waals surface area contributed by atoms with Crippen LogP contribution < -0.4 is 5.56 Å². The van der Waals surface area contributed by atoms with Crippen LogP contribution in [0, 0.1) is 13.8 Å². The summed E-state index contributed by atoms with van der Waals surface area (Å²) in [7, 11) is 1.67. The van der Waals surface area contributed by atoms with E-state index in [0.717, 1.165) is 16.8 Å². The lowest BCUT2D eigenvalue weighted by Gasteiger charge is -2.26. The number of halogens is 1. The Morgan fingerprint density at radius 1 is 1.19 bits per heavy atom. The summed E-state index contributed by atoms with van der Waals surface area (Å²) < 4.78 is 1.59. The van der Waals surface area contributed by atoms with Crippen molar-refractivity contribution in [1.29, 1.82) is 0 Å². The molecule has 140 valence electrons. The highest BCUT2D eigenvalue weighted by atomic mass is 35.5. The van der Waals surface area contributed by atoms with Gasteiger partial charge in [0, 0.05) is 7.05 Å². The number of benzene rings is 2. The van der Waals surface area contributed by atoms with Gasteiger partial charge in [0.2, 0.25) is 5.91 Å². The van der Waals surface area contributed by atoms with Crippen LogP contribution in [0.1, 0.15) is 29.9 Å². The van der Waals surface area contributed by atoms with E-state index in [2.05, 4.69) is 0 Å². The van der Waals surface area contributed by atoms with Gasteiger partial charge in [-0.05, 0) is 56.2 Å². The molecule has 1 amide bonds. The maximum atomic E-state index is 13.3. The Hall–Kier alpha value is -2.66. The first-order valence-corrected chi connectivity index (χ1v) is 9.29. The van der Waals surface area contributed by atoms with E-state index in [1.807, 2.05) is 51.1 Å². The number of fused-ring (bicyclic) bond motifs is 1. The van der Waals surface area contributed by atoms with Gasteiger partial charge in [-0.3, -0.25) is 14.2 Å². The summed E-state index contributed by atoms with van der Waals surface area (Å²) in [5, 5.41) is 0.540. The molecule has 2 aromatic carbocycles. The van der Waals surface area contributed by atoms with Crippen molar-refractivity contribution in [2.24, 2.45) is 0 Å². The standard InChI is InChI=1S/C21H22ClN3O2/c1-13-9-10-16(11-14(13)2)25-20(15(3)24(4)19(26)12-22)23-18-8-6-5-7-17(18)21(25)27/h5-11,15H,12H2,1-4H3. The maximum Gasteiger partial charge on any atom is 0.266 e. The van der Waals surface area contributed by atoms with Crippen LogP contribution in [0.25, 0.3) is 16.6 Å². The second kappa shape index (κ2) is 7.53. The number of alkyl halides is 1. The molecule has 5 nitrogen and oxygen atoms in total. The highest BCUT2D eigenvalue weighted by Gasteiger charge is 2.23. The average molecular weight is 384 g/mol. The minimum absolute atomic E-state index is 0.123. The van der Waals surface area contributed by atoms with Crippen molar-refractivity contribution in [3.05, 3.63) is 69.8 Å². The molecule has 0 N–H and O–H groups in total. The van der Waals surface area contributed by atoms with Gasteiger partial charge >= 0.3 is 0 Å². The van der Waals surface area contributed by atoms with Gasteiger partial charge in [-0.2, -0.15) is 0 Å². The quantitative estimate of drug-likeness (QED) is 0.644. The number of aryl methyl sites for hydroxylation is 2. The van der Waals surface area contributed by atoms with Crippen LogP contribution in [0.15, 0.2) is 47.3 Å². The molecule has 0 spiro atoms. The van der Waals surface area contributed by atoms with E-state index in [0.29, 0.717) is 16.7 Å². The van der Waals surface area contributed by atoms with Crippen molar-refractivity contribution in [3.63, 3.8) is 0 Å². The monoisotopic (exact) mass is 383 g/mol.